The van der Waals surface area contributed by atoms with Crippen LogP contribution in [0.15, 0.2) is 24.3 Å². The normalized spacial score (nSPS) is 11.1. The summed E-state index contributed by atoms with van der Waals surface area (Å²) >= 11 is 0. The Labute approximate surface area is 113 Å². The molecule has 1 aromatic carbocycles. The van der Waals surface area contributed by atoms with Crippen LogP contribution in [0.5, 0.6) is 0 Å². The van der Waals surface area contributed by atoms with E-state index in [1.54, 1.807) is 6.07 Å². The second-order valence-electron chi connectivity index (χ2n) is 5.10. The van der Waals surface area contributed by atoms with E-state index in [0.717, 1.165) is 5.56 Å². The zero-order valence-corrected chi connectivity index (χ0v) is 11.5. The van der Waals surface area contributed by atoms with Gasteiger partial charge in [0.1, 0.15) is 0 Å². The van der Waals surface area contributed by atoms with Crippen molar-refractivity contribution in [1.29, 1.82) is 0 Å². The lowest BCUT2D eigenvalue weighted by molar-refractivity contribution is -0.148. The number of aliphatic carboxylic acids is 1. The van der Waals surface area contributed by atoms with Crippen LogP contribution < -0.4 is 10.6 Å². The maximum absolute atomic E-state index is 11.9. The van der Waals surface area contributed by atoms with Gasteiger partial charge in [-0.15, -0.1) is 0 Å². The van der Waals surface area contributed by atoms with Gasteiger partial charge in [-0.05, 0) is 32.5 Å². The van der Waals surface area contributed by atoms with Crippen LogP contribution >= 0.6 is 0 Å². The van der Waals surface area contributed by atoms with E-state index in [9.17, 15) is 9.59 Å². The van der Waals surface area contributed by atoms with Crippen LogP contribution in [0.4, 0.5) is 5.69 Å². The number of carbonyl (C=O) groups is 2. The molecule has 0 bridgehead atoms. The van der Waals surface area contributed by atoms with Crippen LogP contribution in [0.1, 0.15) is 25.8 Å². The molecular formula is C14H20N2O3. The van der Waals surface area contributed by atoms with Gasteiger partial charge in [-0.1, -0.05) is 18.2 Å². The molecule has 5 heteroatoms. The molecular weight excluding hydrogens is 244 g/mol. The molecule has 0 heterocycles. The fraction of sp³-hybridized carbons (Fsp3) is 0.429. The molecule has 0 spiro atoms. The van der Waals surface area contributed by atoms with Crippen molar-refractivity contribution in [1.82, 2.24) is 5.32 Å². The van der Waals surface area contributed by atoms with Gasteiger partial charge < -0.3 is 15.7 Å². The number of nitrogens with one attached hydrogen (secondary N) is 2. The first kappa shape index (κ1) is 15.2. The van der Waals surface area contributed by atoms with Gasteiger partial charge in [-0.3, -0.25) is 9.59 Å². The fourth-order valence-corrected chi connectivity index (χ4v) is 1.66. The minimum atomic E-state index is -1.07. The van der Waals surface area contributed by atoms with E-state index >= 15 is 0 Å². The first-order valence-corrected chi connectivity index (χ1v) is 6.12. The summed E-state index contributed by atoms with van der Waals surface area (Å²) < 4.78 is 0. The van der Waals surface area contributed by atoms with Crippen molar-refractivity contribution in [2.45, 2.75) is 26.8 Å². The van der Waals surface area contributed by atoms with E-state index < -0.39 is 11.4 Å². The number of hydrogen-bond donors (Lipinski definition) is 3. The van der Waals surface area contributed by atoms with Crippen LogP contribution in [0.25, 0.3) is 0 Å². The van der Waals surface area contributed by atoms with Gasteiger partial charge in [-0.2, -0.15) is 0 Å². The summed E-state index contributed by atoms with van der Waals surface area (Å²) in [7, 11) is 1.83. The van der Waals surface area contributed by atoms with E-state index in [-0.39, 0.29) is 12.3 Å². The number of carboxylic acids is 1. The molecule has 0 atom stereocenters. The molecule has 0 saturated carbocycles. The van der Waals surface area contributed by atoms with Gasteiger partial charge in [0.05, 0.1) is 5.41 Å². The Bertz CT molecular complexity index is 470. The lowest BCUT2D eigenvalue weighted by Crippen LogP contribution is -2.29. The first-order valence-electron chi connectivity index (χ1n) is 6.12. The summed E-state index contributed by atoms with van der Waals surface area (Å²) in [5.74, 6) is -1.28. The SMILES string of the molecule is CNCc1ccccc1NC(=O)CC(C)(C)C(=O)O. The van der Waals surface area contributed by atoms with Gasteiger partial charge in [-0.25, -0.2) is 0 Å². The highest BCUT2D eigenvalue weighted by molar-refractivity contribution is 5.94. The highest BCUT2D eigenvalue weighted by atomic mass is 16.4. The van der Waals surface area contributed by atoms with Crippen LogP contribution in [0, 0.1) is 5.41 Å². The second kappa shape index (κ2) is 6.33. The number of carboxylic acid groups (broad SMARTS) is 1. The lowest BCUT2D eigenvalue weighted by Gasteiger charge is -2.19. The van der Waals surface area contributed by atoms with E-state index in [2.05, 4.69) is 10.6 Å². The molecule has 0 aliphatic heterocycles. The number of para-hydroxylation sites is 1. The van der Waals surface area contributed by atoms with Gasteiger partial charge >= 0.3 is 5.97 Å². The van der Waals surface area contributed by atoms with Crippen molar-refractivity contribution in [2.75, 3.05) is 12.4 Å². The molecule has 0 aliphatic carbocycles. The molecule has 1 rings (SSSR count). The van der Waals surface area contributed by atoms with Crippen molar-refractivity contribution in [2.24, 2.45) is 5.41 Å². The molecule has 1 amide bonds. The molecule has 0 aliphatic rings. The highest BCUT2D eigenvalue weighted by Gasteiger charge is 2.30. The minimum Gasteiger partial charge on any atom is -0.481 e. The Kier molecular flexibility index (Phi) is 5.06. The molecule has 1 aromatic rings. The largest absolute Gasteiger partial charge is 0.481 e. The molecule has 104 valence electrons. The number of carbonyl (C=O) groups excluding carboxylic acids is 1. The molecule has 0 aromatic heterocycles. The Morgan fingerprint density at radius 2 is 1.89 bits per heavy atom. The molecule has 0 fully saturated rings. The molecule has 3 N–H and O–H groups in total. The van der Waals surface area contributed by atoms with E-state index in [1.807, 2.05) is 25.2 Å². The Morgan fingerprint density at radius 1 is 1.26 bits per heavy atom. The zero-order chi connectivity index (χ0) is 14.5. The highest BCUT2D eigenvalue weighted by Crippen LogP contribution is 2.22. The summed E-state index contributed by atoms with van der Waals surface area (Å²) in [6.07, 6.45) is -0.0593. The third kappa shape index (κ3) is 4.37. The average Bonchev–Trinajstić information content (AvgIpc) is 2.31. The summed E-state index contributed by atoms with van der Waals surface area (Å²) in [6.45, 7) is 3.71. The quantitative estimate of drug-likeness (QED) is 0.732. The van der Waals surface area contributed by atoms with E-state index in [1.165, 1.54) is 13.8 Å². The molecule has 0 saturated heterocycles. The summed E-state index contributed by atoms with van der Waals surface area (Å²) in [6, 6.07) is 7.44. The van der Waals surface area contributed by atoms with E-state index in [4.69, 9.17) is 5.11 Å². The predicted octanol–water partition coefficient (Wildman–Crippen LogP) is 1.85. The van der Waals surface area contributed by atoms with Crippen molar-refractivity contribution in [3.05, 3.63) is 29.8 Å². The lowest BCUT2D eigenvalue weighted by atomic mass is 9.89. The van der Waals surface area contributed by atoms with Crippen molar-refractivity contribution in [3.8, 4) is 0 Å². The van der Waals surface area contributed by atoms with Gasteiger partial charge in [0.25, 0.3) is 0 Å². The topological polar surface area (TPSA) is 78.4 Å². The van der Waals surface area contributed by atoms with Gasteiger partial charge in [0.15, 0.2) is 0 Å². The number of hydrogen-bond acceptors (Lipinski definition) is 3. The third-order valence-corrected chi connectivity index (χ3v) is 2.84. The van der Waals surface area contributed by atoms with Crippen LogP contribution in [0.2, 0.25) is 0 Å². The maximum atomic E-state index is 11.9. The standard InChI is InChI=1S/C14H20N2O3/c1-14(2,13(18)19)8-12(17)16-11-7-5-4-6-10(11)9-15-3/h4-7,15H,8-9H2,1-3H3,(H,16,17)(H,18,19). The molecule has 19 heavy (non-hydrogen) atoms. The summed E-state index contributed by atoms with van der Waals surface area (Å²) in [4.78, 5) is 22.9. The van der Waals surface area contributed by atoms with E-state index in [0.29, 0.717) is 12.2 Å². The summed E-state index contributed by atoms with van der Waals surface area (Å²) in [5.41, 5.74) is 0.608. The summed E-state index contributed by atoms with van der Waals surface area (Å²) in [5, 5.41) is 14.8. The van der Waals surface area contributed by atoms with Crippen LogP contribution in [-0.2, 0) is 16.1 Å². The average molecular weight is 264 g/mol. The molecule has 0 radical (unpaired) electrons. The molecule has 0 unspecified atom stereocenters. The smallest absolute Gasteiger partial charge is 0.309 e. The Morgan fingerprint density at radius 3 is 2.47 bits per heavy atom. The monoisotopic (exact) mass is 264 g/mol. The van der Waals surface area contributed by atoms with Crippen molar-refractivity contribution >= 4 is 17.6 Å². The van der Waals surface area contributed by atoms with Crippen molar-refractivity contribution < 1.29 is 14.7 Å². The number of benzene rings is 1. The third-order valence-electron chi connectivity index (χ3n) is 2.84. The van der Waals surface area contributed by atoms with Gasteiger partial charge in [0, 0.05) is 18.7 Å². The minimum absolute atomic E-state index is 0.0593. The predicted molar refractivity (Wildman–Crippen MR) is 73.9 cm³/mol. The zero-order valence-electron chi connectivity index (χ0n) is 11.5. The van der Waals surface area contributed by atoms with Crippen LogP contribution in [0.3, 0.4) is 0 Å². The second-order valence-corrected chi connectivity index (χ2v) is 5.10. The maximum Gasteiger partial charge on any atom is 0.309 e. The first-order chi connectivity index (χ1) is 8.86. The van der Waals surface area contributed by atoms with Crippen LogP contribution in [-0.4, -0.2) is 24.0 Å². The fourth-order valence-electron chi connectivity index (χ4n) is 1.66. The number of amides is 1. The Balaban J connectivity index is 2.75. The number of anilines is 1. The van der Waals surface area contributed by atoms with Gasteiger partial charge in [0.2, 0.25) is 5.91 Å². The number of rotatable bonds is 6. The molecule has 5 nitrogen and oxygen atoms in total. The Hall–Kier alpha value is -1.88. The van der Waals surface area contributed by atoms with Crippen molar-refractivity contribution in [3.63, 3.8) is 0 Å².